The van der Waals surface area contributed by atoms with E-state index in [0.29, 0.717) is 21.6 Å². The Balaban J connectivity index is 1.48. The number of thiophene rings is 1. The highest BCUT2D eigenvalue weighted by Gasteiger charge is 2.61. The largest absolute Gasteiger partial charge is 0.590 e. The van der Waals surface area contributed by atoms with E-state index in [1.807, 2.05) is 89.8 Å². The molecule has 1 aliphatic carbocycles. The first-order chi connectivity index (χ1) is 17.6. The Labute approximate surface area is 210 Å². The predicted octanol–water partition coefficient (Wildman–Crippen LogP) is 5.61. The van der Waals surface area contributed by atoms with Gasteiger partial charge in [0.05, 0.1) is 6.04 Å². The van der Waals surface area contributed by atoms with Gasteiger partial charge in [0.2, 0.25) is 5.91 Å². The number of allylic oxidation sites excluding steroid dienone is 3. The lowest BCUT2D eigenvalue weighted by molar-refractivity contribution is -0.132. The molecule has 5 nitrogen and oxygen atoms in total. The molecule has 6 heteroatoms. The van der Waals surface area contributed by atoms with E-state index in [1.165, 1.54) is 0 Å². The highest BCUT2D eigenvalue weighted by molar-refractivity contribution is 7.30. The number of rotatable bonds is 3. The Kier molecular flexibility index (Phi) is 4.58. The van der Waals surface area contributed by atoms with Crippen LogP contribution in [-0.2, 0) is 15.0 Å². The number of carbonyl (C=O) groups is 2. The molecule has 1 spiro atoms. The van der Waals surface area contributed by atoms with Crippen LogP contribution < -0.4 is 4.74 Å². The summed E-state index contributed by atoms with van der Waals surface area (Å²) in [7, 11) is -1.27. The van der Waals surface area contributed by atoms with Crippen molar-refractivity contribution in [1.29, 1.82) is 0 Å². The number of ether oxygens (including phenoxy) is 1. The van der Waals surface area contributed by atoms with Gasteiger partial charge in [-0.2, -0.15) is 0 Å². The summed E-state index contributed by atoms with van der Waals surface area (Å²) in [5.41, 5.74) is 2.87. The lowest BCUT2D eigenvalue weighted by atomic mass is 9.75. The van der Waals surface area contributed by atoms with Crippen LogP contribution in [0.15, 0.2) is 108 Å². The third kappa shape index (κ3) is 2.86. The summed E-state index contributed by atoms with van der Waals surface area (Å²) in [4.78, 5) is 29.2. The van der Waals surface area contributed by atoms with Gasteiger partial charge in [0.1, 0.15) is 23.2 Å². The Hall–Kier alpha value is -4.00. The normalized spacial score (nSPS) is 21.1. The first-order valence-electron chi connectivity index (χ1n) is 11.9. The third-order valence-electron chi connectivity index (χ3n) is 7.47. The summed E-state index contributed by atoms with van der Waals surface area (Å²) in [6.45, 7) is 0.101. The molecule has 2 aliphatic heterocycles. The molecule has 1 fully saturated rings. The molecular formula is C30H21NO4S. The molecule has 1 amide bonds. The highest BCUT2D eigenvalue weighted by Crippen LogP contribution is 2.57. The van der Waals surface area contributed by atoms with Crippen molar-refractivity contribution < 1.29 is 18.9 Å². The topological polar surface area (TPSA) is 69.7 Å². The molecule has 36 heavy (non-hydrogen) atoms. The van der Waals surface area contributed by atoms with Crippen molar-refractivity contribution in [3.8, 4) is 5.75 Å². The van der Waals surface area contributed by atoms with Crippen molar-refractivity contribution in [3.05, 3.63) is 124 Å². The van der Waals surface area contributed by atoms with Gasteiger partial charge in [-0.05, 0) is 34.0 Å². The second kappa shape index (κ2) is 7.75. The number of carbonyl (C=O) groups excluding carboxylic acids is 2. The Morgan fingerprint density at radius 3 is 2.33 bits per heavy atom. The smallest absolute Gasteiger partial charge is 0.246 e. The van der Waals surface area contributed by atoms with E-state index in [0.717, 1.165) is 22.2 Å². The average molecular weight is 492 g/mol. The molecule has 2 atom stereocenters. The van der Waals surface area contributed by atoms with E-state index < -0.39 is 16.2 Å². The standard InChI is InChI=1S/C30H21NO4S/c32-22-11-12-25-23(16-22)30(18-35-26-15-21-13-14-36(34)27(21)17-24(26)30)29(33)31(25)28(19-7-3-1-4-8-19)20-9-5-2-6-10-20/h1-10,12-17,28H,11,18H2. The zero-order valence-corrected chi connectivity index (χ0v) is 20.0. The van der Waals surface area contributed by atoms with Gasteiger partial charge in [0, 0.05) is 40.8 Å². The number of likely N-dealkylation sites (tertiary alicyclic amines) is 1. The molecule has 1 saturated heterocycles. The van der Waals surface area contributed by atoms with Crippen LogP contribution in [0, 0.1) is 0 Å². The number of nitrogens with zero attached hydrogens (tertiary/aromatic N) is 1. The highest BCUT2D eigenvalue weighted by atomic mass is 32.2. The molecule has 4 aromatic rings. The van der Waals surface area contributed by atoms with Gasteiger partial charge < -0.3 is 9.29 Å². The Morgan fingerprint density at radius 1 is 0.944 bits per heavy atom. The summed E-state index contributed by atoms with van der Waals surface area (Å²) in [5.74, 6) is 0.420. The molecule has 0 bridgehead atoms. The van der Waals surface area contributed by atoms with Crippen LogP contribution in [0.4, 0.5) is 0 Å². The van der Waals surface area contributed by atoms with Crippen molar-refractivity contribution in [2.24, 2.45) is 0 Å². The Bertz CT molecular complexity index is 1580. The molecule has 2 unspecified atom stereocenters. The van der Waals surface area contributed by atoms with Gasteiger partial charge in [0.25, 0.3) is 0 Å². The van der Waals surface area contributed by atoms with Gasteiger partial charge in [0.15, 0.2) is 10.5 Å². The van der Waals surface area contributed by atoms with Crippen molar-refractivity contribution in [3.63, 3.8) is 0 Å². The maximum absolute atomic E-state index is 14.7. The van der Waals surface area contributed by atoms with E-state index in [1.54, 1.807) is 11.5 Å². The zero-order chi connectivity index (χ0) is 24.4. The molecule has 176 valence electrons. The molecule has 1 aromatic heterocycles. The first kappa shape index (κ1) is 21.3. The van der Waals surface area contributed by atoms with E-state index in [-0.39, 0.29) is 30.8 Å². The third-order valence-corrected chi connectivity index (χ3v) is 8.64. The van der Waals surface area contributed by atoms with Crippen LogP contribution in [0.5, 0.6) is 5.75 Å². The fourth-order valence-corrected chi connectivity index (χ4v) is 6.83. The van der Waals surface area contributed by atoms with Crippen LogP contribution in [0.3, 0.4) is 0 Å². The molecule has 3 aliphatic rings. The summed E-state index contributed by atoms with van der Waals surface area (Å²) < 4.78 is 19.4. The summed E-state index contributed by atoms with van der Waals surface area (Å²) in [6, 6.07) is 25.0. The molecule has 0 saturated carbocycles. The number of fused-ring (bicyclic) bond motifs is 5. The van der Waals surface area contributed by atoms with Crippen LogP contribution in [0.1, 0.15) is 29.2 Å². The SMILES string of the molecule is O=C1C=C2C(=CC1)N(C(c1ccccc1)c1ccccc1)C(=O)C21COc2cc3cc[s+]([O-])c3cc21. The number of benzene rings is 3. The maximum atomic E-state index is 14.7. The number of ketones is 1. The van der Waals surface area contributed by atoms with E-state index in [9.17, 15) is 14.1 Å². The predicted molar refractivity (Wildman–Crippen MR) is 137 cm³/mol. The van der Waals surface area contributed by atoms with Crippen molar-refractivity contribution >= 4 is 32.5 Å². The van der Waals surface area contributed by atoms with Crippen molar-refractivity contribution in [1.82, 2.24) is 4.90 Å². The van der Waals surface area contributed by atoms with Crippen molar-refractivity contribution in [2.45, 2.75) is 17.9 Å². The maximum Gasteiger partial charge on any atom is 0.246 e. The molecular weight excluding hydrogens is 470 g/mol. The minimum atomic E-state index is -1.27. The fraction of sp³-hybridized carbons (Fsp3) is 0.133. The minimum Gasteiger partial charge on any atom is -0.590 e. The molecule has 0 radical (unpaired) electrons. The zero-order valence-electron chi connectivity index (χ0n) is 19.2. The number of amides is 1. The minimum absolute atomic E-state index is 0.0430. The Morgan fingerprint density at radius 2 is 1.64 bits per heavy atom. The summed E-state index contributed by atoms with van der Waals surface area (Å²) in [5, 5.41) is 2.48. The molecule has 3 aromatic carbocycles. The van der Waals surface area contributed by atoms with E-state index >= 15 is 0 Å². The number of hydrogen-bond acceptors (Lipinski definition) is 4. The monoisotopic (exact) mass is 491 g/mol. The van der Waals surface area contributed by atoms with Gasteiger partial charge in [-0.25, -0.2) is 0 Å². The van der Waals surface area contributed by atoms with Crippen LogP contribution >= 0.6 is 10.8 Å². The first-order valence-corrected chi connectivity index (χ1v) is 13.1. The summed E-state index contributed by atoms with van der Waals surface area (Å²) in [6.07, 6.45) is 3.72. The van der Waals surface area contributed by atoms with E-state index in [2.05, 4.69) is 0 Å². The second-order valence-electron chi connectivity index (χ2n) is 9.40. The molecule has 7 rings (SSSR count). The second-order valence-corrected chi connectivity index (χ2v) is 10.7. The van der Waals surface area contributed by atoms with Gasteiger partial charge in [-0.15, -0.1) is 0 Å². The lowest BCUT2D eigenvalue weighted by Gasteiger charge is -2.31. The fourth-order valence-electron chi connectivity index (χ4n) is 5.82. The van der Waals surface area contributed by atoms with Crippen LogP contribution in [-0.4, -0.2) is 27.7 Å². The van der Waals surface area contributed by atoms with Crippen LogP contribution in [0.25, 0.3) is 10.1 Å². The van der Waals surface area contributed by atoms with Gasteiger partial charge in [-0.3, -0.25) is 14.5 Å². The van der Waals surface area contributed by atoms with E-state index in [4.69, 9.17) is 4.74 Å². The van der Waals surface area contributed by atoms with Crippen molar-refractivity contribution in [2.75, 3.05) is 6.61 Å². The quantitative estimate of drug-likeness (QED) is 0.349. The lowest BCUT2D eigenvalue weighted by Crippen LogP contribution is -2.41. The molecule has 3 heterocycles. The van der Waals surface area contributed by atoms with Gasteiger partial charge in [-0.1, -0.05) is 66.7 Å². The molecule has 0 N–H and O–H groups in total. The van der Waals surface area contributed by atoms with Crippen LogP contribution in [0.2, 0.25) is 0 Å². The number of hydrogen-bond donors (Lipinski definition) is 0. The van der Waals surface area contributed by atoms with Gasteiger partial charge >= 0.3 is 0 Å². The average Bonchev–Trinajstić information content (AvgIpc) is 3.54. The summed E-state index contributed by atoms with van der Waals surface area (Å²) >= 11 is 0.